The van der Waals surface area contributed by atoms with Crippen LogP contribution >= 0.6 is 0 Å². The van der Waals surface area contributed by atoms with Crippen LogP contribution in [0, 0.1) is 34.0 Å². The van der Waals surface area contributed by atoms with Crippen molar-refractivity contribution in [1.82, 2.24) is 0 Å². The van der Waals surface area contributed by atoms with E-state index in [0.29, 0.717) is 16.9 Å². The van der Waals surface area contributed by atoms with E-state index < -0.39 is 0 Å². The fourth-order valence-electron chi connectivity index (χ4n) is 1.78. The highest BCUT2D eigenvalue weighted by Gasteiger charge is 2.17. The predicted molar refractivity (Wildman–Crippen MR) is 70.1 cm³/mol. The molecule has 0 radical (unpaired) electrons. The van der Waals surface area contributed by atoms with Crippen LogP contribution < -0.4 is 4.74 Å². The molecule has 0 saturated heterocycles. The summed E-state index contributed by atoms with van der Waals surface area (Å²) >= 11 is 0. The topological polar surface area (TPSA) is 80.6 Å². The molecule has 94 valence electrons. The first-order valence-corrected chi connectivity index (χ1v) is 5.70. The summed E-state index contributed by atoms with van der Waals surface area (Å²) in [5, 5.41) is 26.5. The molecular formula is C15H13N3O. The van der Waals surface area contributed by atoms with Gasteiger partial charge in [0.25, 0.3) is 0 Å². The molecule has 0 aliphatic rings. The average Bonchev–Trinajstić information content (AvgIpc) is 2.42. The number of allylic oxidation sites excluding steroid dienone is 1. The molecule has 1 aromatic carbocycles. The van der Waals surface area contributed by atoms with Gasteiger partial charge in [-0.05, 0) is 30.7 Å². The molecule has 1 aromatic rings. The third kappa shape index (κ3) is 3.60. The number of hydrogen-bond donors (Lipinski definition) is 0. The molecule has 1 rings (SSSR count). The van der Waals surface area contributed by atoms with Crippen molar-refractivity contribution in [2.45, 2.75) is 19.3 Å². The Morgan fingerprint density at radius 3 is 2.58 bits per heavy atom. The van der Waals surface area contributed by atoms with E-state index in [0.717, 1.165) is 5.57 Å². The van der Waals surface area contributed by atoms with E-state index >= 15 is 0 Å². The van der Waals surface area contributed by atoms with Crippen LogP contribution in [0.2, 0.25) is 0 Å². The molecule has 0 heterocycles. The van der Waals surface area contributed by atoms with Gasteiger partial charge in [0.2, 0.25) is 0 Å². The third-order valence-corrected chi connectivity index (χ3v) is 2.71. The van der Waals surface area contributed by atoms with Gasteiger partial charge in [-0.25, -0.2) is 0 Å². The molecule has 19 heavy (non-hydrogen) atoms. The van der Waals surface area contributed by atoms with Crippen LogP contribution in [-0.2, 0) is 0 Å². The molecule has 0 aliphatic carbocycles. The van der Waals surface area contributed by atoms with Gasteiger partial charge in [-0.15, -0.1) is 0 Å². The number of benzene rings is 1. The average molecular weight is 251 g/mol. The maximum atomic E-state index is 9.13. The summed E-state index contributed by atoms with van der Waals surface area (Å²) in [5.41, 5.74) is 2.02. The third-order valence-electron chi connectivity index (χ3n) is 2.71. The fraction of sp³-hybridized carbons (Fsp3) is 0.267. The molecule has 0 amide bonds. The maximum absolute atomic E-state index is 9.13. The lowest BCUT2D eigenvalue weighted by Gasteiger charge is -2.16. The SMILES string of the molecule is C=C(C)C(CC#N)c1cc(OCC#N)ccc1C#N. The number of ether oxygens (including phenoxy) is 1. The summed E-state index contributed by atoms with van der Waals surface area (Å²) in [6.45, 7) is 5.64. The summed E-state index contributed by atoms with van der Waals surface area (Å²) in [5.74, 6) is 0.310. The zero-order chi connectivity index (χ0) is 14.3. The van der Waals surface area contributed by atoms with Crippen molar-refractivity contribution in [2.24, 2.45) is 0 Å². The smallest absolute Gasteiger partial charge is 0.174 e. The fourth-order valence-corrected chi connectivity index (χ4v) is 1.78. The molecule has 0 saturated carbocycles. The number of rotatable bonds is 5. The van der Waals surface area contributed by atoms with E-state index in [2.05, 4.69) is 18.7 Å². The number of nitriles is 3. The Labute approximate surface area is 112 Å². The lowest BCUT2D eigenvalue weighted by molar-refractivity contribution is 0.367. The number of nitrogens with zero attached hydrogens (tertiary/aromatic N) is 3. The molecule has 4 nitrogen and oxygen atoms in total. The van der Waals surface area contributed by atoms with Crippen LogP contribution in [0.4, 0.5) is 0 Å². The first-order valence-electron chi connectivity index (χ1n) is 5.70. The quantitative estimate of drug-likeness (QED) is 0.753. The van der Waals surface area contributed by atoms with Crippen molar-refractivity contribution in [2.75, 3.05) is 6.61 Å². The zero-order valence-corrected chi connectivity index (χ0v) is 10.7. The van der Waals surface area contributed by atoms with Crippen molar-refractivity contribution in [3.63, 3.8) is 0 Å². The molecular weight excluding hydrogens is 238 g/mol. The molecule has 4 heteroatoms. The van der Waals surface area contributed by atoms with E-state index in [4.69, 9.17) is 20.5 Å². The van der Waals surface area contributed by atoms with Crippen molar-refractivity contribution < 1.29 is 4.74 Å². The van der Waals surface area contributed by atoms with Crippen molar-refractivity contribution in [1.29, 1.82) is 15.8 Å². The van der Waals surface area contributed by atoms with Gasteiger partial charge in [-0.1, -0.05) is 12.2 Å². The lowest BCUT2D eigenvalue weighted by Crippen LogP contribution is -2.03. The van der Waals surface area contributed by atoms with Gasteiger partial charge in [-0.3, -0.25) is 0 Å². The van der Waals surface area contributed by atoms with Crippen molar-refractivity contribution in [3.8, 4) is 24.0 Å². The molecule has 0 bridgehead atoms. The monoisotopic (exact) mass is 251 g/mol. The Balaban J connectivity index is 3.22. The van der Waals surface area contributed by atoms with E-state index in [-0.39, 0.29) is 18.9 Å². The molecule has 0 aliphatic heterocycles. The lowest BCUT2D eigenvalue weighted by atomic mass is 9.87. The molecule has 0 aromatic heterocycles. The molecule has 0 spiro atoms. The second-order valence-electron chi connectivity index (χ2n) is 4.07. The summed E-state index contributed by atoms with van der Waals surface area (Å²) < 4.78 is 5.22. The predicted octanol–water partition coefficient (Wildman–Crippen LogP) is 3.03. The Morgan fingerprint density at radius 1 is 1.32 bits per heavy atom. The van der Waals surface area contributed by atoms with Gasteiger partial charge in [-0.2, -0.15) is 15.8 Å². The largest absolute Gasteiger partial charge is 0.479 e. The van der Waals surface area contributed by atoms with Gasteiger partial charge >= 0.3 is 0 Å². The minimum absolute atomic E-state index is 0.0542. The van der Waals surface area contributed by atoms with E-state index in [1.165, 1.54) is 0 Å². The van der Waals surface area contributed by atoms with Crippen LogP contribution in [0.5, 0.6) is 5.75 Å². The van der Waals surface area contributed by atoms with Crippen molar-refractivity contribution >= 4 is 0 Å². The maximum Gasteiger partial charge on any atom is 0.174 e. The first-order chi connectivity index (χ1) is 9.13. The highest BCUT2D eigenvalue weighted by Crippen LogP contribution is 2.31. The number of hydrogen-bond acceptors (Lipinski definition) is 4. The summed E-state index contributed by atoms with van der Waals surface area (Å²) in [7, 11) is 0. The van der Waals surface area contributed by atoms with Crippen molar-refractivity contribution in [3.05, 3.63) is 41.5 Å². The molecule has 1 atom stereocenters. The summed E-state index contributed by atoms with van der Waals surface area (Å²) in [6, 6.07) is 11.1. The van der Waals surface area contributed by atoms with Crippen LogP contribution in [0.1, 0.15) is 30.4 Å². The first kappa shape index (κ1) is 14.3. The molecule has 1 unspecified atom stereocenters. The Kier molecular flexibility index (Phi) is 5.15. The highest BCUT2D eigenvalue weighted by molar-refractivity contribution is 5.47. The molecule has 0 fully saturated rings. The highest BCUT2D eigenvalue weighted by atomic mass is 16.5. The van der Waals surface area contributed by atoms with Crippen LogP contribution in [0.3, 0.4) is 0 Å². The van der Waals surface area contributed by atoms with Gasteiger partial charge in [0, 0.05) is 12.3 Å². The Morgan fingerprint density at radius 2 is 2.05 bits per heavy atom. The minimum atomic E-state index is -0.203. The van der Waals surface area contributed by atoms with Crippen LogP contribution in [0.15, 0.2) is 30.4 Å². The van der Waals surface area contributed by atoms with E-state index in [1.807, 2.05) is 13.0 Å². The normalized spacial score (nSPS) is 10.6. The van der Waals surface area contributed by atoms with Gasteiger partial charge < -0.3 is 4.74 Å². The summed E-state index contributed by atoms with van der Waals surface area (Å²) in [6.07, 6.45) is 0.256. The Hall–Kier alpha value is -2.77. The Bertz CT molecular complexity index is 599. The van der Waals surface area contributed by atoms with Gasteiger partial charge in [0.1, 0.15) is 11.8 Å². The second kappa shape index (κ2) is 6.84. The van der Waals surface area contributed by atoms with Gasteiger partial charge in [0.05, 0.1) is 17.7 Å². The minimum Gasteiger partial charge on any atom is -0.479 e. The van der Waals surface area contributed by atoms with Gasteiger partial charge in [0.15, 0.2) is 6.61 Å². The van der Waals surface area contributed by atoms with E-state index in [9.17, 15) is 0 Å². The van der Waals surface area contributed by atoms with Crippen LogP contribution in [0.25, 0.3) is 0 Å². The second-order valence-corrected chi connectivity index (χ2v) is 4.07. The standard InChI is InChI=1S/C15H13N3O/c1-11(2)14(5-6-16)15-9-13(19-8-7-17)4-3-12(15)10-18/h3-4,9,14H,1,5,8H2,2H3. The summed E-state index contributed by atoms with van der Waals surface area (Å²) in [4.78, 5) is 0. The zero-order valence-electron chi connectivity index (χ0n) is 10.7. The van der Waals surface area contributed by atoms with Crippen LogP contribution in [-0.4, -0.2) is 6.61 Å². The molecule has 0 N–H and O–H groups in total. The van der Waals surface area contributed by atoms with E-state index in [1.54, 1.807) is 18.2 Å².